The second-order valence-electron chi connectivity index (χ2n) is 5.69. The summed E-state index contributed by atoms with van der Waals surface area (Å²) in [6.45, 7) is 4.56. The first kappa shape index (κ1) is 22.8. The van der Waals surface area contributed by atoms with Crippen LogP contribution in [-0.2, 0) is 11.3 Å². The van der Waals surface area contributed by atoms with Crippen molar-refractivity contribution in [1.82, 2.24) is 10.6 Å². The number of aryl methyl sites for hydroxylation is 1. The Balaban J connectivity index is 0.00000364. The maximum Gasteiger partial charge on any atom is 0.243 e. The van der Waals surface area contributed by atoms with E-state index in [1.165, 1.54) is 24.3 Å². The molecule has 2 rings (SSSR count). The molecule has 146 valence electrons. The monoisotopic (exact) mass is 488 g/mol. The van der Waals surface area contributed by atoms with Crippen molar-refractivity contribution in [2.45, 2.75) is 20.4 Å². The normalized spacial score (nSPS) is 10.7. The summed E-state index contributed by atoms with van der Waals surface area (Å²) in [6, 6.07) is 10.5. The average molecular weight is 488 g/mol. The lowest BCUT2D eigenvalue weighted by Crippen LogP contribution is -2.41. The van der Waals surface area contributed by atoms with Crippen LogP contribution in [-0.4, -0.2) is 25.0 Å². The second kappa shape index (κ2) is 11.5. The highest BCUT2D eigenvalue weighted by Crippen LogP contribution is 2.10. The van der Waals surface area contributed by atoms with E-state index in [9.17, 15) is 13.6 Å². The number of aliphatic imine (C=N–C) groups is 1. The van der Waals surface area contributed by atoms with Crippen LogP contribution < -0.4 is 16.0 Å². The Kier molecular flexibility index (Phi) is 9.70. The fourth-order valence-corrected chi connectivity index (χ4v) is 2.25. The number of amides is 1. The van der Waals surface area contributed by atoms with Gasteiger partial charge in [0.15, 0.2) is 5.96 Å². The minimum Gasteiger partial charge on any atom is -0.357 e. The molecule has 0 aliphatic carbocycles. The van der Waals surface area contributed by atoms with E-state index in [2.05, 4.69) is 20.9 Å². The molecular weight excluding hydrogens is 465 g/mol. The molecule has 0 spiro atoms. The molecule has 27 heavy (non-hydrogen) atoms. The quantitative estimate of drug-likeness (QED) is 0.331. The number of anilines is 1. The SMILES string of the molecule is CCNC(=NCc1ccc(F)c(C)c1)NCC(=O)Nc1cccc(F)c1.I. The zero-order valence-corrected chi connectivity index (χ0v) is 17.5. The molecule has 0 unspecified atom stereocenters. The number of nitrogens with zero attached hydrogens (tertiary/aromatic N) is 1. The molecule has 2 aromatic carbocycles. The summed E-state index contributed by atoms with van der Waals surface area (Å²) in [4.78, 5) is 16.3. The third-order valence-corrected chi connectivity index (χ3v) is 3.51. The van der Waals surface area contributed by atoms with Gasteiger partial charge in [0.2, 0.25) is 5.91 Å². The Morgan fingerprint density at radius 1 is 1.11 bits per heavy atom. The minimum absolute atomic E-state index is 0. The summed E-state index contributed by atoms with van der Waals surface area (Å²) in [5.74, 6) is -0.528. The lowest BCUT2D eigenvalue weighted by molar-refractivity contribution is -0.115. The lowest BCUT2D eigenvalue weighted by atomic mass is 10.1. The first-order chi connectivity index (χ1) is 12.5. The summed E-state index contributed by atoms with van der Waals surface area (Å²) in [5.41, 5.74) is 1.82. The van der Waals surface area contributed by atoms with Gasteiger partial charge in [0, 0.05) is 12.2 Å². The molecule has 0 fully saturated rings. The van der Waals surface area contributed by atoms with Crippen LogP contribution in [0.4, 0.5) is 14.5 Å². The van der Waals surface area contributed by atoms with E-state index in [0.717, 1.165) is 5.56 Å². The second-order valence-corrected chi connectivity index (χ2v) is 5.69. The highest BCUT2D eigenvalue weighted by atomic mass is 127. The van der Waals surface area contributed by atoms with E-state index in [1.807, 2.05) is 6.92 Å². The van der Waals surface area contributed by atoms with E-state index >= 15 is 0 Å². The first-order valence-electron chi connectivity index (χ1n) is 8.30. The van der Waals surface area contributed by atoms with Crippen LogP contribution in [0.2, 0.25) is 0 Å². The molecule has 0 aliphatic rings. The molecule has 3 N–H and O–H groups in total. The number of nitrogens with one attached hydrogen (secondary N) is 3. The van der Waals surface area contributed by atoms with Crippen molar-refractivity contribution in [2.75, 3.05) is 18.4 Å². The van der Waals surface area contributed by atoms with Gasteiger partial charge in [-0.2, -0.15) is 0 Å². The fourth-order valence-electron chi connectivity index (χ4n) is 2.25. The third-order valence-electron chi connectivity index (χ3n) is 3.51. The summed E-state index contributed by atoms with van der Waals surface area (Å²) in [6.07, 6.45) is 0. The van der Waals surface area contributed by atoms with Crippen molar-refractivity contribution >= 4 is 41.5 Å². The topological polar surface area (TPSA) is 65.5 Å². The maximum absolute atomic E-state index is 13.3. The summed E-state index contributed by atoms with van der Waals surface area (Å²) >= 11 is 0. The van der Waals surface area contributed by atoms with E-state index < -0.39 is 5.82 Å². The molecule has 0 radical (unpaired) electrons. The number of benzene rings is 2. The van der Waals surface area contributed by atoms with Gasteiger partial charge in [-0.3, -0.25) is 4.79 Å². The van der Waals surface area contributed by atoms with Gasteiger partial charge in [-0.25, -0.2) is 13.8 Å². The molecule has 0 bridgehead atoms. The summed E-state index contributed by atoms with van der Waals surface area (Å²) in [5, 5.41) is 8.54. The Hall–Kier alpha value is -2.23. The molecule has 0 aliphatic heterocycles. The maximum atomic E-state index is 13.3. The van der Waals surface area contributed by atoms with Crippen LogP contribution in [0.3, 0.4) is 0 Å². The van der Waals surface area contributed by atoms with Crippen molar-refractivity contribution in [1.29, 1.82) is 0 Å². The van der Waals surface area contributed by atoms with Gasteiger partial charge in [-0.15, -0.1) is 24.0 Å². The molecule has 0 saturated heterocycles. The van der Waals surface area contributed by atoms with Crippen molar-refractivity contribution in [3.8, 4) is 0 Å². The van der Waals surface area contributed by atoms with E-state index in [0.29, 0.717) is 30.3 Å². The zero-order chi connectivity index (χ0) is 18.9. The van der Waals surface area contributed by atoms with Crippen molar-refractivity contribution in [3.63, 3.8) is 0 Å². The molecule has 0 atom stereocenters. The van der Waals surface area contributed by atoms with Crippen LogP contribution in [0.5, 0.6) is 0 Å². The molecule has 2 aromatic rings. The number of hydrogen-bond donors (Lipinski definition) is 3. The van der Waals surface area contributed by atoms with Crippen LogP contribution in [0.1, 0.15) is 18.1 Å². The zero-order valence-electron chi connectivity index (χ0n) is 15.2. The summed E-state index contributed by atoms with van der Waals surface area (Å²) < 4.78 is 26.4. The van der Waals surface area contributed by atoms with E-state index in [-0.39, 0.29) is 42.2 Å². The number of guanidine groups is 1. The van der Waals surface area contributed by atoms with Gasteiger partial charge in [0.05, 0.1) is 13.1 Å². The van der Waals surface area contributed by atoms with Crippen LogP contribution >= 0.6 is 24.0 Å². The smallest absolute Gasteiger partial charge is 0.243 e. The third kappa shape index (κ3) is 7.90. The standard InChI is InChI=1S/C19H22F2N4O.HI/c1-3-22-19(23-11-14-7-8-17(21)13(2)9-14)24-12-18(26)25-16-6-4-5-15(20)10-16;/h4-10H,3,11-12H2,1-2H3,(H,25,26)(H2,22,23,24);1H. The number of hydrogen-bond acceptors (Lipinski definition) is 2. The molecule has 0 aromatic heterocycles. The van der Waals surface area contributed by atoms with Gasteiger partial charge in [-0.05, 0) is 49.2 Å². The largest absolute Gasteiger partial charge is 0.357 e. The van der Waals surface area contributed by atoms with Gasteiger partial charge >= 0.3 is 0 Å². The van der Waals surface area contributed by atoms with Crippen LogP contribution in [0, 0.1) is 18.6 Å². The highest BCUT2D eigenvalue weighted by Gasteiger charge is 2.05. The molecule has 5 nitrogen and oxygen atoms in total. The number of halogens is 3. The van der Waals surface area contributed by atoms with E-state index in [4.69, 9.17) is 0 Å². The van der Waals surface area contributed by atoms with Crippen LogP contribution in [0.15, 0.2) is 47.5 Å². The lowest BCUT2D eigenvalue weighted by Gasteiger charge is -2.12. The van der Waals surface area contributed by atoms with Crippen molar-refractivity contribution in [3.05, 3.63) is 65.2 Å². The summed E-state index contributed by atoms with van der Waals surface area (Å²) in [7, 11) is 0. The predicted octanol–water partition coefficient (Wildman–Crippen LogP) is 3.59. The average Bonchev–Trinajstić information content (AvgIpc) is 2.60. The molecule has 0 saturated carbocycles. The van der Waals surface area contributed by atoms with E-state index in [1.54, 1.807) is 25.1 Å². The Morgan fingerprint density at radius 3 is 2.56 bits per heavy atom. The van der Waals surface area contributed by atoms with Gasteiger partial charge in [-0.1, -0.05) is 18.2 Å². The molecular formula is C19H23F2IN4O. The van der Waals surface area contributed by atoms with Gasteiger partial charge < -0.3 is 16.0 Å². The predicted molar refractivity (Wildman–Crippen MR) is 114 cm³/mol. The first-order valence-corrected chi connectivity index (χ1v) is 8.30. The number of rotatable bonds is 6. The van der Waals surface area contributed by atoms with Gasteiger partial charge in [0.1, 0.15) is 11.6 Å². The van der Waals surface area contributed by atoms with Crippen molar-refractivity contribution < 1.29 is 13.6 Å². The highest BCUT2D eigenvalue weighted by molar-refractivity contribution is 14.0. The van der Waals surface area contributed by atoms with Crippen molar-refractivity contribution in [2.24, 2.45) is 4.99 Å². The Morgan fingerprint density at radius 2 is 1.89 bits per heavy atom. The Labute approximate surface area is 174 Å². The number of carbonyl (C=O) groups is 1. The molecule has 0 heterocycles. The fraction of sp³-hybridized carbons (Fsp3) is 0.263. The number of carbonyl (C=O) groups excluding carboxylic acids is 1. The molecule has 8 heteroatoms. The molecule has 1 amide bonds. The minimum atomic E-state index is -0.416. The van der Waals surface area contributed by atoms with Gasteiger partial charge in [0.25, 0.3) is 0 Å². The Bertz CT molecular complexity index is 799. The van der Waals surface area contributed by atoms with Crippen LogP contribution in [0.25, 0.3) is 0 Å².